The van der Waals surface area contributed by atoms with Gasteiger partial charge < -0.3 is 14.6 Å². The van der Waals surface area contributed by atoms with Crippen LogP contribution in [-0.2, 0) is 20.7 Å². The van der Waals surface area contributed by atoms with Gasteiger partial charge in [-0.25, -0.2) is 9.78 Å². The van der Waals surface area contributed by atoms with E-state index in [0.717, 1.165) is 28.2 Å². The molecule has 1 N–H and O–H groups in total. The number of benzene rings is 2. The Morgan fingerprint density at radius 1 is 1.18 bits per heavy atom. The first-order chi connectivity index (χ1) is 18.1. The van der Waals surface area contributed by atoms with Gasteiger partial charge in [0.25, 0.3) is 5.78 Å². The van der Waals surface area contributed by atoms with Gasteiger partial charge in [-0.05, 0) is 54.7 Å². The molecular weight excluding hydrogens is 504 g/mol. The molecule has 2 aromatic carbocycles. The van der Waals surface area contributed by atoms with Gasteiger partial charge in [-0.2, -0.15) is 0 Å². The molecule has 0 spiro atoms. The molecule has 1 saturated heterocycles. The Labute approximate surface area is 224 Å². The molecule has 0 bridgehead atoms. The summed E-state index contributed by atoms with van der Waals surface area (Å²) >= 11 is 0.974. The molecule has 0 saturated carbocycles. The van der Waals surface area contributed by atoms with Crippen LogP contribution in [-0.4, -0.2) is 41.0 Å². The molecule has 9 heteroatoms. The lowest BCUT2D eigenvalue weighted by atomic mass is 9.93. The first-order valence-corrected chi connectivity index (χ1v) is 13.2. The number of aliphatic hydroxyl groups is 1. The molecular formula is C29H28N2O6S. The van der Waals surface area contributed by atoms with Crippen molar-refractivity contribution in [1.82, 2.24) is 4.98 Å². The summed E-state index contributed by atoms with van der Waals surface area (Å²) in [7, 11) is 1.27. The standard InChI is InChI=1S/C29H28N2O6S/c1-14(2)17-6-8-18(9-7-17)23-22(24(32)19-10-11-21-20(13-19)12-15(3)37-21)25(33)27(34)31(23)29-30-16(4)26(38-29)28(35)36-5/h6-11,13-15,23,32H,12H2,1-5H3/b24-22+/t15-,23-/m0/s1. The predicted octanol–water partition coefficient (Wildman–Crippen LogP) is 5.31. The van der Waals surface area contributed by atoms with Crippen LogP contribution in [0.5, 0.6) is 5.75 Å². The van der Waals surface area contributed by atoms with E-state index in [1.807, 2.05) is 31.2 Å². The molecule has 2 aliphatic rings. The number of ether oxygens (including phenoxy) is 2. The SMILES string of the molecule is COC(=O)c1sc(N2C(=O)C(=O)/C(=C(/O)c3ccc4c(c3)C[C@H](C)O4)[C@@H]2c2ccc(C(C)C)cc2)nc1C. The maximum absolute atomic E-state index is 13.5. The van der Waals surface area contributed by atoms with Crippen molar-refractivity contribution in [3.05, 3.63) is 80.9 Å². The highest BCUT2D eigenvalue weighted by molar-refractivity contribution is 7.17. The van der Waals surface area contributed by atoms with E-state index in [1.54, 1.807) is 25.1 Å². The number of amides is 1. The number of rotatable bonds is 5. The van der Waals surface area contributed by atoms with Crippen LogP contribution in [0.3, 0.4) is 0 Å². The first-order valence-electron chi connectivity index (χ1n) is 12.4. The average Bonchev–Trinajstić information content (AvgIpc) is 3.55. The van der Waals surface area contributed by atoms with Crippen molar-refractivity contribution in [1.29, 1.82) is 0 Å². The summed E-state index contributed by atoms with van der Waals surface area (Å²) < 4.78 is 10.6. The van der Waals surface area contributed by atoms with Gasteiger partial charge in [0.05, 0.1) is 24.4 Å². The van der Waals surface area contributed by atoms with Crippen LogP contribution in [0.15, 0.2) is 48.0 Å². The summed E-state index contributed by atoms with van der Waals surface area (Å²) in [4.78, 5) is 45.1. The normalized spacial score (nSPS) is 20.1. The number of methoxy groups -OCH3 is 1. The van der Waals surface area contributed by atoms with Crippen LogP contribution in [0.4, 0.5) is 5.13 Å². The smallest absolute Gasteiger partial charge is 0.350 e. The molecule has 3 heterocycles. The number of carbonyl (C=O) groups is 3. The molecule has 0 radical (unpaired) electrons. The van der Waals surface area contributed by atoms with E-state index in [4.69, 9.17) is 9.47 Å². The maximum atomic E-state index is 13.5. The molecule has 2 aliphatic heterocycles. The largest absolute Gasteiger partial charge is 0.507 e. The third-order valence-electron chi connectivity index (χ3n) is 6.89. The molecule has 3 aromatic rings. The number of fused-ring (bicyclic) bond motifs is 1. The summed E-state index contributed by atoms with van der Waals surface area (Å²) in [6, 6.07) is 11.9. The molecule has 38 heavy (non-hydrogen) atoms. The topological polar surface area (TPSA) is 106 Å². The Bertz CT molecular complexity index is 1490. The van der Waals surface area contributed by atoms with Gasteiger partial charge in [-0.1, -0.05) is 49.4 Å². The third kappa shape index (κ3) is 4.26. The second-order valence-electron chi connectivity index (χ2n) is 9.85. The molecule has 2 atom stereocenters. The number of aliphatic hydroxyl groups excluding tert-OH is 1. The van der Waals surface area contributed by atoms with Gasteiger partial charge in [0.1, 0.15) is 22.5 Å². The number of hydrogen-bond donors (Lipinski definition) is 1. The predicted molar refractivity (Wildman–Crippen MR) is 144 cm³/mol. The van der Waals surface area contributed by atoms with E-state index in [2.05, 4.69) is 18.8 Å². The van der Waals surface area contributed by atoms with Crippen molar-refractivity contribution in [3.63, 3.8) is 0 Å². The highest BCUT2D eigenvalue weighted by atomic mass is 32.1. The first kappa shape index (κ1) is 25.7. The minimum absolute atomic E-state index is 0.0181. The summed E-state index contributed by atoms with van der Waals surface area (Å²) in [6.07, 6.45) is 0.698. The van der Waals surface area contributed by atoms with Crippen molar-refractivity contribution < 1.29 is 29.0 Å². The summed E-state index contributed by atoms with van der Waals surface area (Å²) in [5.74, 6) is -1.46. The quantitative estimate of drug-likeness (QED) is 0.205. The molecule has 1 fully saturated rings. The van der Waals surface area contributed by atoms with E-state index in [1.165, 1.54) is 12.0 Å². The monoisotopic (exact) mass is 532 g/mol. The van der Waals surface area contributed by atoms with Crippen molar-refractivity contribution in [3.8, 4) is 5.75 Å². The van der Waals surface area contributed by atoms with Crippen LogP contribution in [0.2, 0.25) is 0 Å². The van der Waals surface area contributed by atoms with Gasteiger partial charge in [0, 0.05) is 12.0 Å². The average molecular weight is 533 g/mol. The maximum Gasteiger partial charge on any atom is 0.350 e. The van der Waals surface area contributed by atoms with Crippen LogP contribution >= 0.6 is 11.3 Å². The number of nitrogens with zero attached hydrogens (tertiary/aromatic N) is 2. The fraction of sp³-hybridized carbons (Fsp3) is 0.310. The van der Waals surface area contributed by atoms with Crippen LogP contribution < -0.4 is 9.64 Å². The van der Waals surface area contributed by atoms with E-state index < -0.39 is 23.7 Å². The van der Waals surface area contributed by atoms with Crippen LogP contribution in [0, 0.1) is 6.92 Å². The number of hydrogen-bond acceptors (Lipinski definition) is 8. The Kier molecular flexibility index (Phi) is 6.56. The zero-order valence-electron chi connectivity index (χ0n) is 21.8. The minimum Gasteiger partial charge on any atom is -0.507 e. The minimum atomic E-state index is -0.935. The zero-order chi connectivity index (χ0) is 27.3. The van der Waals surface area contributed by atoms with Gasteiger partial charge in [-0.15, -0.1) is 0 Å². The Hall–Kier alpha value is -3.98. The molecule has 0 aliphatic carbocycles. The number of aryl methyl sites for hydroxylation is 1. The fourth-order valence-electron chi connectivity index (χ4n) is 4.90. The zero-order valence-corrected chi connectivity index (χ0v) is 22.6. The summed E-state index contributed by atoms with van der Waals surface area (Å²) in [6.45, 7) is 7.76. The number of Topliss-reactive ketones (excluding diaryl/α,β-unsaturated/α-hetero) is 1. The highest BCUT2D eigenvalue weighted by Gasteiger charge is 2.48. The van der Waals surface area contributed by atoms with Crippen molar-refractivity contribution in [2.24, 2.45) is 0 Å². The number of ketones is 1. The van der Waals surface area contributed by atoms with Gasteiger partial charge in [-0.3, -0.25) is 14.5 Å². The number of aromatic nitrogens is 1. The van der Waals surface area contributed by atoms with Gasteiger partial charge >= 0.3 is 11.9 Å². The Morgan fingerprint density at radius 2 is 1.89 bits per heavy atom. The lowest BCUT2D eigenvalue weighted by Crippen LogP contribution is -2.29. The van der Waals surface area contributed by atoms with E-state index in [-0.39, 0.29) is 33.4 Å². The van der Waals surface area contributed by atoms with E-state index in [9.17, 15) is 19.5 Å². The summed E-state index contributed by atoms with van der Waals surface area (Å²) in [5, 5.41) is 11.7. The van der Waals surface area contributed by atoms with Gasteiger partial charge in [0.2, 0.25) is 0 Å². The Balaban J connectivity index is 1.68. The molecule has 1 amide bonds. The lowest BCUT2D eigenvalue weighted by molar-refractivity contribution is -0.132. The molecule has 8 nitrogen and oxygen atoms in total. The van der Waals surface area contributed by atoms with E-state index >= 15 is 0 Å². The van der Waals surface area contributed by atoms with Crippen molar-refractivity contribution in [2.45, 2.75) is 52.2 Å². The second-order valence-corrected chi connectivity index (χ2v) is 10.8. The summed E-state index contributed by atoms with van der Waals surface area (Å²) in [5.41, 5.74) is 3.44. The van der Waals surface area contributed by atoms with Crippen LogP contribution in [0.25, 0.3) is 5.76 Å². The van der Waals surface area contributed by atoms with Crippen molar-refractivity contribution in [2.75, 3.05) is 12.0 Å². The number of anilines is 1. The number of carbonyl (C=O) groups excluding carboxylic acids is 3. The molecule has 0 unspecified atom stereocenters. The third-order valence-corrected chi connectivity index (χ3v) is 8.03. The second kappa shape index (κ2) is 9.72. The lowest BCUT2D eigenvalue weighted by Gasteiger charge is -2.23. The molecule has 1 aromatic heterocycles. The Morgan fingerprint density at radius 3 is 2.55 bits per heavy atom. The number of thiazole rings is 1. The van der Waals surface area contributed by atoms with Crippen LogP contribution in [0.1, 0.15) is 70.4 Å². The van der Waals surface area contributed by atoms with Crippen molar-refractivity contribution >= 4 is 39.9 Å². The fourth-order valence-corrected chi connectivity index (χ4v) is 5.91. The van der Waals surface area contributed by atoms with E-state index in [0.29, 0.717) is 23.2 Å². The van der Waals surface area contributed by atoms with Gasteiger partial charge in [0.15, 0.2) is 5.13 Å². The number of esters is 1. The molecule has 196 valence electrons. The highest BCUT2D eigenvalue weighted by Crippen LogP contribution is 2.44. The molecule has 5 rings (SSSR count).